The van der Waals surface area contributed by atoms with E-state index in [2.05, 4.69) is 9.72 Å². The van der Waals surface area contributed by atoms with E-state index in [9.17, 15) is 9.59 Å². The quantitative estimate of drug-likeness (QED) is 0.534. The van der Waals surface area contributed by atoms with Gasteiger partial charge in [0.05, 0.1) is 11.6 Å². The molecule has 0 spiro atoms. The molecule has 6 heteroatoms. The van der Waals surface area contributed by atoms with E-state index in [1.165, 1.54) is 6.92 Å². The molecule has 0 atom stereocenters. The highest BCUT2D eigenvalue weighted by Crippen LogP contribution is 2.26. The predicted molar refractivity (Wildman–Crippen MR) is 72.3 cm³/mol. The van der Waals surface area contributed by atoms with E-state index in [1.54, 1.807) is 25.3 Å². The normalized spacial score (nSPS) is 9.42. The summed E-state index contributed by atoms with van der Waals surface area (Å²) in [5.41, 5.74) is 0.922. The van der Waals surface area contributed by atoms with Crippen LogP contribution in [0, 0.1) is 0 Å². The largest absolute Gasteiger partial charge is 0.468 e. The summed E-state index contributed by atoms with van der Waals surface area (Å²) in [6.45, 7) is 4.03. The number of fused-ring (bicyclic) bond motifs is 1. The highest BCUT2D eigenvalue weighted by atomic mass is 35.5. The maximum atomic E-state index is 10.7. The molecule has 1 aromatic heterocycles. The van der Waals surface area contributed by atoms with Crippen molar-refractivity contribution < 1.29 is 19.1 Å². The number of nitrogens with one attached hydrogen (secondary N) is 1. The van der Waals surface area contributed by atoms with E-state index in [-0.39, 0.29) is 5.97 Å². The Morgan fingerprint density at radius 3 is 2.74 bits per heavy atom. The van der Waals surface area contributed by atoms with E-state index in [0.717, 1.165) is 10.9 Å². The Morgan fingerprint density at radius 1 is 1.47 bits per heavy atom. The summed E-state index contributed by atoms with van der Waals surface area (Å²) in [4.78, 5) is 22.9. The Hall–Kier alpha value is -2.01. The molecular weight excluding hydrogens is 270 g/mol. The Balaban J connectivity index is 0.000000312. The minimum Gasteiger partial charge on any atom is -0.468 e. The van der Waals surface area contributed by atoms with Gasteiger partial charge in [-0.3, -0.25) is 9.59 Å². The third kappa shape index (κ3) is 4.63. The molecule has 1 aromatic carbocycles. The summed E-state index contributed by atoms with van der Waals surface area (Å²) in [7, 11) is 0. The second-order valence-corrected chi connectivity index (χ2v) is 3.90. The molecule has 1 heterocycles. The van der Waals surface area contributed by atoms with Gasteiger partial charge in [0.15, 0.2) is 0 Å². The standard InChI is InChI=1S/C10H8ClNO2.C3H6O2/c1-6(13)14-7-2-3-10-8(4-7)9(11)5-12-10;1-2-5-3-4/h2-5,12H,1H3;3H,2H2,1H3. The lowest BCUT2D eigenvalue weighted by Gasteiger charge is -2.00. The number of benzene rings is 1. The second kappa shape index (κ2) is 7.43. The number of ether oxygens (including phenoxy) is 2. The number of carbonyl (C=O) groups is 2. The zero-order valence-corrected chi connectivity index (χ0v) is 11.4. The molecule has 2 aromatic rings. The van der Waals surface area contributed by atoms with E-state index in [4.69, 9.17) is 16.3 Å². The van der Waals surface area contributed by atoms with Crippen molar-refractivity contribution in [1.29, 1.82) is 0 Å². The summed E-state index contributed by atoms with van der Waals surface area (Å²) in [6, 6.07) is 5.27. The maximum Gasteiger partial charge on any atom is 0.308 e. The molecule has 0 saturated heterocycles. The minimum atomic E-state index is -0.337. The van der Waals surface area contributed by atoms with Crippen molar-refractivity contribution in [3.63, 3.8) is 0 Å². The van der Waals surface area contributed by atoms with Crippen LogP contribution < -0.4 is 4.74 Å². The van der Waals surface area contributed by atoms with Gasteiger partial charge in [0.2, 0.25) is 0 Å². The average molecular weight is 284 g/mol. The van der Waals surface area contributed by atoms with Gasteiger partial charge in [0, 0.05) is 24.0 Å². The Bertz CT molecular complexity index is 565. The van der Waals surface area contributed by atoms with Gasteiger partial charge < -0.3 is 14.5 Å². The number of aromatic nitrogens is 1. The fourth-order valence-corrected chi connectivity index (χ4v) is 1.57. The smallest absolute Gasteiger partial charge is 0.308 e. The molecule has 0 aliphatic heterocycles. The number of carbonyl (C=O) groups excluding carboxylic acids is 2. The molecular formula is C13H14ClNO4. The number of hydrogen-bond donors (Lipinski definition) is 1. The number of rotatable bonds is 3. The summed E-state index contributed by atoms with van der Waals surface area (Å²) in [5.74, 6) is 0.169. The van der Waals surface area contributed by atoms with Crippen molar-refractivity contribution in [3.05, 3.63) is 29.4 Å². The molecule has 0 fully saturated rings. The zero-order valence-electron chi connectivity index (χ0n) is 10.6. The van der Waals surface area contributed by atoms with E-state index >= 15 is 0 Å². The van der Waals surface area contributed by atoms with Crippen LogP contribution in [0.4, 0.5) is 0 Å². The molecule has 0 amide bonds. The molecule has 0 radical (unpaired) electrons. The van der Waals surface area contributed by atoms with Crippen LogP contribution in [-0.2, 0) is 14.3 Å². The Kier molecular flexibility index (Phi) is 5.89. The molecule has 2 rings (SSSR count). The topological polar surface area (TPSA) is 68.4 Å². The van der Waals surface area contributed by atoms with Crippen LogP contribution in [0.5, 0.6) is 5.75 Å². The van der Waals surface area contributed by atoms with E-state index in [1.807, 2.05) is 6.07 Å². The monoisotopic (exact) mass is 283 g/mol. The first-order valence-corrected chi connectivity index (χ1v) is 5.96. The number of esters is 1. The van der Waals surface area contributed by atoms with Crippen molar-refractivity contribution in [3.8, 4) is 5.75 Å². The average Bonchev–Trinajstić information content (AvgIpc) is 2.72. The first-order valence-electron chi connectivity index (χ1n) is 5.58. The third-order valence-corrected chi connectivity index (χ3v) is 2.41. The Labute approximate surface area is 115 Å². The summed E-state index contributed by atoms with van der Waals surface area (Å²) in [5, 5.41) is 1.47. The number of aromatic amines is 1. The molecule has 0 saturated carbocycles. The highest BCUT2D eigenvalue weighted by Gasteiger charge is 2.04. The van der Waals surface area contributed by atoms with Gasteiger partial charge in [-0.05, 0) is 25.1 Å². The van der Waals surface area contributed by atoms with Crippen molar-refractivity contribution in [1.82, 2.24) is 4.98 Å². The molecule has 19 heavy (non-hydrogen) atoms. The minimum absolute atomic E-state index is 0.337. The fraction of sp³-hybridized carbons (Fsp3) is 0.231. The van der Waals surface area contributed by atoms with Crippen LogP contribution in [0.2, 0.25) is 5.02 Å². The second-order valence-electron chi connectivity index (χ2n) is 3.49. The lowest BCUT2D eigenvalue weighted by atomic mass is 10.2. The van der Waals surface area contributed by atoms with Gasteiger partial charge in [-0.2, -0.15) is 0 Å². The van der Waals surface area contributed by atoms with Gasteiger partial charge in [-0.25, -0.2) is 0 Å². The molecule has 102 valence electrons. The summed E-state index contributed by atoms with van der Waals surface area (Å²) in [6.07, 6.45) is 1.70. The number of halogens is 1. The van der Waals surface area contributed by atoms with Crippen LogP contribution in [0.1, 0.15) is 13.8 Å². The third-order valence-electron chi connectivity index (χ3n) is 2.10. The molecule has 5 nitrogen and oxygen atoms in total. The van der Waals surface area contributed by atoms with E-state index < -0.39 is 0 Å². The zero-order chi connectivity index (χ0) is 14.3. The molecule has 0 aliphatic carbocycles. The van der Waals surface area contributed by atoms with Crippen LogP contribution in [0.25, 0.3) is 10.9 Å². The van der Waals surface area contributed by atoms with Crippen molar-refractivity contribution in [2.24, 2.45) is 0 Å². The fourth-order valence-electron chi connectivity index (χ4n) is 1.36. The van der Waals surface area contributed by atoms with Crippen LogP contribution >= 0.6 is 11.6 Å². The molecule has 1 N–H and O–H groups in total. The predicted octanol–water partition coefficient (Wildman–Crippen LogP) is 2.93. The van der Waals surface area contributed by atoms with Gasteiger partial charge in [0.1, 0.15) is 5.75 Å². The van der Waals surface area contributed by atoms with Gasteiger partial charge in [-0.15, -0.1) is 0 Å². The number of H-pyrrole nitrogens is 1. The first-order chi connectivity index (χ1) is 9.08. The lowest BCUT2D eigenvalue weighted by Crippen LogP contribution is -2.00. The van der Waals surface area contributed by atoms with Gasteiger partial charge >= 0.3 is 5.97 Å². The SMILES string of the molecule is CC(=O)Oc1ccc2[nH]cc(Cl)c2c1.CCOC=O. The maximum absolute atomic E-state index is 10.7. The van der Waals surface area contributed by atoms with Crippen molar-refractivity contribution in [2.45, 2.75) is 13.8 Å². The van der Waals surface area contributed by atoms with Crippen LogP contribution in [0.3, 0.4) is 0 Å². The first kappa shape index (κ1) is 15.0. The summed E-state index contributed by atoms with van der Waals surface area (Å²) >= 11 is 5.91. The van der Waals surface area contributed by atoms with Gasteiger partial charge in [-0.1, -0.05) is 11.6 Å². The van der Waals surface area contributed by atoms with Crippen molar-refractivity contribution in [2.75, 3.05) is 6.61 Å². The molecule has 0 aliphatic rings. The Morgan fingerprint density at radius 2 is 2.21 bits per heavy atom. The van der Waals surface area contributed by atoms with E-state index in [0.29, 0.717) is 23.9 Å². The van der Waals surface area contributed by atoms with Crippen molar-refractivity contribution >= 4 is 34.9 Å². The highest BCUT2D eigenvalue weighted by molar-refractivity contribution is 6.35. The number of hydrogen-bond acceptors (Lipinski definition) is 4. The molecule has 0 bridgehead atoms. The van der Waals surface area contributed by atoms with Crippen LogP contribution in [-0.4, -0.2) is 24.0 Å². The van der Waals surface area contributed by atoms with Gasteiger partial charge in [0.25, 0.3) is 6.47 Å². The van der Waals surface area contributed by atoms with Crippen LogP contribution in [0.15, 0.2) is 24.4 Å². The molecule has 0 unspecified atom stereocenters. The summed E-state index contributed by atoms with van der Waals surface area (Å²) < 4.78 is 9.09. The lowest BCUT2D eigenvalue weighted by molar-refractivity contribution is -0.132.